The van der Waals surface area contributed by atoms with Gasteiger partial charge in [-0.05, 0) is 61.6 Å². The zero-order valence-electron chi connectivity index (χ0n) is 17.7. The van der Waals surface area contributed by atoms with E-state index in [1.165, 1.54) is 17.7 Å². The predicted octanol–water partition coefficient (Wildman–Crippen LogP) is 4.68. The molecular weight excluding hydrogens is 354 g/mol. The zero-order chi connectivity index (χ0) is 19.7. The standard InChI is InChI=1S/C23H33NO4/c1-14-6-11-19-15(2)20(16-7-9-17(10-8-16)24(4)5)25-21-23(19)18(14)12-13-22(3,26-21)27-28-23/h7-10,14-15,18-21H,6,11-13H2,1-5H3/t14-,15-,18+,19+,20+,21-,22+,23-/m1/s1. The minimum atomic E-state index is -0.711. The lowest BCUT2D eigenvalue weighted by molar-refractivity contribution is -0.571. The van der Waals surface area contributed by atoms with E-state index in [9.17, 15) is 0 Å². The molecule has 4 saturated heterocycles. The van der Waals surface area contributed by atoms with Crippen molar-refractivity contribution in [1.82, 2.24) is 0 Å². The van der Waals surface area contributed by atoms with Gasteiger partial charge in [-0.3, -0.25) is 0 Å². The molecule has 0 unspecified atom stereocenters. The largest absolute Gasteiger partial charge is 0.378 e. The fraction of sp³-hybridized carbons (Fsp3) is 0.739. The van der Waals surface area contributed by atoms with Crippen LogP contribution >= 0.6 is 0 Å². The lowest BCUT2D eigenvalue weighted by Crippen LogP contribution is -2.69. The molecule has 1 aromatic carbocycles. The number of hydrogen-bond acceptors (Lipinski definition) is 5. The Kier molecular flexibility index (Phi) is 4.33. The van der Waals surface area contributed by atoms with Gasteiger partial charge in [-0.25, -0.2) is 9.78 Å². The topological polar surface area (TPSA) is 40.2 Å². The summed E-state index contributed by atoms with van der Waals surface area (Å²) in [4.78, 5) is 14.3. The Morgan fingerprint density at radius 3 is 2.43 bits per heavy atom. The van der Waals surface area contributed by atoms with Crippen LogP contribution in [-0.4, -0.2) is 31.8 Å². The van der Waals surface area contributed by atoms with Crippen molar-refractivity contribution in [2.75, 3.05) is 19.0 Å². The van der Waals surface area contributed by atoms with E-state index >= 15 is 0 Å². The van der Waals surface area contributed by atoms with Crippen molar-refractivity contribution in [3.63, 3.8) is 0 Å². The molecule has 5 fully saturated rings. The van der Waals surface area contributed by atoms with Crippen molar-refractivity contribution in [3.8, 4) is 0 Å². The quantitative estimate of drug-likeness (QED) is 0.690. The zero-order valence-corrected chi connectivity index (χ0v) is 17.7. The lowest BCUT2D eigenvalue weighted by Gasteiger charge is -2.60. The number of fused-ring (bicyclic) bond motifs is 2. The molecule has 5 heteroatoms. The van der Waals surface area contributed by atoms with Gasteiger partial charge in [0.25, 0.3) is 0 Å². The molecule has 0 aromatic heterocycles. The first-order valence-corrected chi connectivity index (χ1v) is 10.8. The first kappa shape index (κ1) is 18.9. The predicted molar refractivity (Wildman–Crippen MR) is 107 cm³/mol. The van der Waals surface area contributed by atoms with Crippen molar-refractivity contribution in [1.29, 1.82) is 0 Å². The number of nitrogens with zero attached hydrogens (tertiary/aromatic N) is 1. The molecule has 0 amide bonds. The van der Waals surface area contributed by atoms with E-state index < -0.39 is 11.4 Å². The molecule has 8 atom stereocenters. The third kappa shape index (κ3) is 2.59. The van der Waals surface area contributed by atoms with Crippen LogP contribution in [0.4, 0.5) is 5.69 Å². The van der Waals surface area contributed by atoms with Gasteiger partial charge in [0, 0.05) is 32.1 Å². The highest BCUT2D eigenvalue weighted by molar-refractivity contribution is 5.46. The van der Waals surface area contributed by atoms with Crippen LogP contribution < -0.4 is 4.90 Å². The summed E-state index contributed by atoms with van der Waals surface area (Å²) in [6.45, 7) is 6.65. The summed E-state index contributed by atoms with van der Waals surface area (Å²) >= 11 is 0. The van der Waals surface area contributed by atoms with E-state index in [0.29, 0.717) is 23.7 Å². The van der Waals surface area contributed by atoms with Gasteiger partial charge in [0.1, 0.15) is 0 Å². The van der Waals surface area contributed by atoms with Gasteiger partial charge in [-0.2, -0.15) is 0 Å². The second-order valence-electron chi connectivity index (χ2n) is 9.81. The Hall–Kier alpha value is -1.14. The Morgan fingerprint density at radius 2 is 1.71 bits per heavy atom. The molecule has 1 aromatic rings. The summed E-state index contributed by atoms with van der Waals surface area (Å²) < 4.78 is 13.2. The van der Waals surface area contributed by atoms with E-state index in [1.54, 1.807) is 0 Å². The SMILES string of the molecule is C[C@H]1[C@@H](c2ccc(N(C)C)cc2)O[C@@H]2O[C@]3(C)CC[C@H]4[C@H](C)CC[C@@H]1[C@@]24OO3. The molecule has 1 saturated carbocycles. The van der Waals surface area contributed by atoms with Crippen molar-refractivity contribution < 1.29 is 19.2 Å². The molecule has 5 nitrogen and oxygen atoms in total. The molecular formula is C23H33NO4. The highest BCUT2D eigenvalue weighted by atomic mass is 17.3. The van der Waals surface area contributed by atoms with Crippen LogP contribution in [0.1, 0.15) is 58.1 Å². The summed E-state index contributed by atoms with van der Waals surface area (Å²) in [6.07, 6.45) is 3.93. The van der Waals surface area contributed by atoms with Gasteiger partial charge in [0.2, 0.25) is 5.79 Å². The van der Waals surface area contributed by atoms with Crippen LogP contribution in [0.2, 0.25) is 0 Å². The average molecular weight is 388 g/mol. The minimum absolute atomic E-state index is 0.0115. The molecule has 154 valence electrons. The highest BCUT2D eigenvalue weighted by Crippen LogP contribution is 2.62. The Morgan fingerprint density at radius 1 is 0.964 bits per heavy atom. The monoisotopic (exact) mass is 387 g/mol. The normalized spacial score (nSPS) is 47.3. The second kappa shape index (κ2) is 6.43. The van der Waals surface area contributed by atoms with Gasteiger partial charge in [-0.15, -0.1) is 0 Å². The molecule has 1 aliphatic carbocycles. The first-order valence-electron chi connectivity index (χ1n) is 10.8. The third-order valence-corrected chi connectivity index (χ3v) is 7.90. The van der Waals surface area contributed by atoms with Crippen molar-refractivity contribution >= 4 is 5.69 Å². The van der Waals surface area contributed by atoms with Gasteiger partial charge in [-0.1, -0.05) is 26.0 Å². The number of rotatable bonds is 2. The maximum absolute atomic E-state index is 6.70. The molecule has 4 aliphatic heterocycles. The molecule has 6 rings (SSSR count). The van der Waals surface area contributed by atoms with Crippen LogP contribution in [0.3, 0.4) is 0 Å². The molecule has 0 N–H and O–H groups in total. The molecule has 1 spiro atoms. The van der Waals surface area contributed by atoms with Crippen LogP contribution in [0.15, 0.2) is 24.3 Å². The summed E-state index contributed by atoms with van der Waals surface area (Å²) in [5, 5.41) is 0. The van der Waals surface area contributed by atoms with Gasteiger partial charge < -0.3 is 14.4 Å². The fourth-order valence-electron chi connectivity index (χ4n) is 6.25. The smallest absolute Gasteiger partial charge is 0.201 e. The van der Waals surface area contributed by atoms with Crippen molar-refractivity contribution in [2.24, 2.45) is 23.7 Å². The van der Waals surface area contributed by atoms with Crippen molar-refractivity contribution in [2.45, 2.75) is 70.2 Å². The number of anilines is 1. The Labute approximate surface area is 168 Å². The van der Waals surface area contributed by atoms with Gasteiger partial charge >= 0.3 is 0 Å². The molecule has 0 radical (unpaired) electrons. The minimum Gasteiger partial charge on any atom is -0.378 e. The first-order chi connectivity index (χ1) is 13.3. The number of benzene rings is 1. The summed E-state index contributed by atoms with van der Waals surface area (Å²) in [7, 11) is 4.13. The van der Waals surface area contributed by atoms with E-state index in [4.69, 9.17) is 19.2 Å². The molecule has 2 bridgehead atoms. The molecule has 4 heterocycles. The molecule has 28 heavy (non-hydrogen) atoms. The average Bonchev–Trinajstić information content (AvgIpc) is 2.91. The number of hydrogen-bond donors (Lipinski definition) is 0. The Balaban J connectivity index is 1.53. The fourth-order valence-corrected chi connectivity index (χ4v) is 6.25. The van der Waals surface area contributed by atoms with Crippen LogP contribution in [0.5, 0.6) is 0 Å². The van der Waals surface area contributed by atoms with E-state index in [0.717, 1.165) is 19.3 Å². The maximum atomic E-state index is 6.70. The van der Waals surface area contributed by atoms with E-state index in [2.05, 4.69) is 57.1 Å². The van der Waals surface area contributed by atoms with Crippen LogP contribution in [0.25, 0.3) is 0 Å². The van der Waals surface area contributed by atoms with E-state index in [1.807, 2.05) is 6.92 Å². The van der Waals surface area contributed by atoms with Crippen molar-refractivity contribution in [3.05, 3.63) is 29.8 Å². The maximum Gasteiger partial charge on any atom is 0.201 e. The summed E-state index contributed by atoms with van der Waals surface area (Å²) in [6, 6.07) is 8.74. The van der Waals surface area contributed by atoms with Gasteiger partial charge in [0.15, 0.2) is 11.9 Å². The van der Waals surface area contributed by atoms with Crippen LogP contribution in [0, 0.1) is 23.7 Å². The van der Waals surface area contributed by atoms with E-state index in [-0.39, 0.29) is 12.4 Å². The number of ether oxygens (including phenoxy) is 2. The summed E-state index contributed by atoms with van der Waals surface area (Å²) in [5.41, 5.74) is 1.94. The summed E-state index contributed by atoms with van der Waals surface area (Å²) in [5.74, 6) is 1.01. The third-order valence-electron chi connectivity index (χ3n) is 7.90. The molecule has 5 aliphatic rings. The van der Waals surface area contributed by atoms with Gasteiger partial charge in [0.05, 0.1) is 6.10 Å². The Bertz CT molecular complexity index is 737. The van der Waals surface area contributed by atoms with Crippen LogP contribution in [-0.2, 0) is 19.2 Å². The lowest BCUT2D eigenvalue weighted by atomic mass is 9.57. The highest BCUT2D eigenvalue weighted by Gasteiger charge is 2.69. The second-order valence-corrected chi connectivity index (χ2v) is 9.81.